The van der Waals surface area contributed by atoms with Gasteiger partial charge < -0.3 is 10.2 Å². The predicted octanol–water partition coefficient (Wildman–Crippen LogP) is 1.87. The Bertz CT molecular complexity index is 772. The van der Waals surface area contributed by atoms with Crippen LogP contribution in [0.25, 0.3) is 0 Å². The molecule has 6 heteroatoms. The summed E-state index contributed by atoms with van der Waals surface area (Å²) in [5.41, 5.74) is 4.23. The first-order valence-electron chi connectivity index (χ1n) is 8.16. The van der Waals surface area contributed by atoms with Gasteiger partial charge in [-0.1, -0.05) is 0 Å². The van der Waals surface area contributed by atoms with Gasteiger partial charge in [-0.05, 0) is 37.3 Å². The van der Waals surface area contributed by atoms with E-state index in [9.17, 15) is 5.26 Å². The van der Waals surface area contributed by atoms with Crippen LogP contribution >= 0.6 is 0 Å². The minimum Gasteiger partial charge on any atom is -0.367 e. The lowest BCUT2D eigenvalue weighted by Gasteiger charge is -2.18. The molecule has 2 aromatic rings. The Balaban J connectivity index is 1.50. The predicted molar refractivity (Wildman–Crippen MR) is 88.4 cm³/mol. The Labute approximate surface area is 135 Å². The third-order valence-electron chi connectivity index (χ3n) is 4.76. The first kappa shape index (κ1) is 14.1. The molecule has 0 radical (unpaired) electrons. The third-order valence-corrected chi connectivity index (χ3v) is 4.76. The molecule has 118 valence electrons. The molecular formula is C17H20N6. The van der Waals surface area contributed by atoms with Crippen LogP contribution in [0.3, 0.4) is 0 Å². The largest absolute Gasteiger partial charge is 0.367 e. The summed E-state index contributed by atoms with van der Waals surface area (Å²) in [7, 11) is 1.93. The van der Waals surface area contributed by atoms with Crippen LogP contribution in [-0.4, -0.2) is 33.9 Å². The average molecular weight is 308 g/mol. The molecule has 23 heavy (non-hydrogen) atoms. The number of aryl methyl sites for hydroxylation is 3. The molecule has 0 bridgehead atoms. The Morgan fingerprint density at radius 1 is 1.39 bits per heavy atom. The molecule has 0 amide bonds. The second kappa shape index (κ2) is 5.58. The monoisotopic (exact) mass is 308 g/mol. The summed E-state index contributed by atoms with van der Waals surface area (Å²) in [5.74, 6) is 0.756. The molecule has 1 atom stereocenters. The van der Waals surface area contributed by atoms with Crippen LogP contribution in [0.5, 0.6) is 0 Å². The van der Waals surface area contributed by atoms with E-state index in [1.54, 1.807) is 0 Å². The summed E-state index contributed by atoms with van der Waals surface area (Å²) in [6.45, 7) is 1.91. The summed E-state index contributed by atoms with van der Waals surface area (Å²) in [6.07, 6.45) is 8.21. The van der Waals surface area contributed by atoms with Crippen LogP contribution in [0.4, 0.5) is 11.5 Å². The fourth-order valence-electron chi connectivity index (χ4n) is 3.54. The van der Waals surface area contributed by atoms with Crippen molar-refractivity contribution in [2.45, 2.75) is 31.7 Å². The number of aromatic nitrogens is 3. The first-order chi connectivity index (χ1) is 11.2. The van der Waals surface area contributed by atoms with Gasteiger partial charge in [0.2, 0.25) is 0 Å². The van der Waals surface area contributed by atoms with E-state index in [4.69, 9.17) is 4.98 Å². The minimum atomic E-state index is 0.314. The maximum Gasteiger partial charge on any atom is 0.144 e. The molecule has 1 N–H and O–H groups in total. The molecule has 3 heterocycles. The first-order valence-corrected chi connectivity index (χ1v) is 8.16. The van der Waals surface area contributed by atoms with Gasteiger partial charge in [-0.15, -0.1) is 0 Å². The number of nitrogens with zero attached hydrogens (tertiary/aromatic N) is 5. The number of fused-ring (bicyclic) bond motifs is 1. The summed E-state index contributed by atoms with van der Waals surface area (Å²) >= 11 is 0. The second-order valence-corrected chi connectivity index (χ2v) is 6.40. The lowest BCUT2D eigenvalue weighted by molar-refractivity contribution is 0.767. The minimum absolute atomic E-state index is 0.314. The van der Waals surface area contributed by atoms with Crippen LogP contribution in [-0.2, 0) is 19.9 Å². The standard InChI is InChI=1S/C17H20N6/c1-22-11-15(9-19-22)23-6-5-14(10-23)20-17-13(8-18)7-12-3-2-4-16(12)21-17/h7,9,11,14H,2-6,10H2,1H3,(H,20,21). The fourth-order valence-corrected chi connectivity index (χ4v) is 3.54. The Kier molecular flexibility index (Phi) is 3.41. The molecule has 6 nitrogen and oxygen atoms in total. The van der Waals surface area contributed by atoms with Crippen LogP contribution in [0.15, 0.2) is 18.5 Å². The molecule has 1 unspecified atom stereocenters. The fraction of sp³-hybridized carbons (Fsp3) is 0.471. The van der Waals surface area contributed by atoms with E-state index in [1.165, 1.54) is 5.56 Å². The Hall–Kier alpha value is -2.55. The zero-order valence-electron chi connectivity index (χ0n) is 13.3. The maximum absolute atomic E-state index is 9.40. The quantitative estimate of drug-likeness (QED) is 0.937. The van der Waals surface area contributed by atoms with Gasteiger partial charge in [0.15, 0.2) is 0 Å². The maximum atomic E-state index is 9.40. The van der Waals surface area contributed by atoms with E-state index in [-0.39, 0.29) is 0 Å². The van der Waals surface area contributed by atoms with Gasteiger partial charge in [0.05, 0.1) is 17.4 Å². The zero-order valence-corrected chi connectivity index (χ0v) is 13.3. The van der Waals surface area contributed by atoms with Crippen molar-refractivity contribution in [1.82, 2.24) is 14.8 Å². The van der Waals surface area contributed by atoms with Gasteiger partial charge in [-0.3, -0.25) is 4.68 Å². The number of nitriles is 1. The summed E-state index contributed by atoms with van der Waals surface area (Å²) in [6, 6.07) is 4.63. The van der Waals surface area contributed by atoms with Crippen molar-refractivity contribution < 1.29 is 0 Å². The lowest BCUT2D eigenvalue weighted by Crippen LogP contribution is -2.26. The zero-order chi connectivity index (χ0) is 15.8. The Morgan fingerprint density at radius 2 is 2.30 bits per heavy atom. The second-order valence-electron chi connectivity index (χ2n) is 6.40. The van der Waals surface area contributed by atoms with Crippen molar-refractivity contribution >= 4 is 11.5 Å². The highest BCUT2D eigenvalue weighted by atomic mass is 15.3. The third kappa shape index (κ3) is 2.63. The summed E-state index contributed by atoms with van der Waals surface area (Å²) in [4.78, 5) is 7.04. The van der Waals surface area contributed by atoms with Crippen LogP contribution < -0.4 is 10.2 Å². The van der Waals surface area contributed by atoms with E-state index in [0.29, 0.717) is 11.6 Å². The molecule has 4 rings (SSSR count). The van der Waals surface area contributed by atoms with Crippen molar-refractivity contribution in [3.8, 4) is 6.07 Å². The summed E-state index contributed by atoms with van der Waals surface area (Å²) in [5, 5.41) is 17.1. The molecule has 1 aliphatic carbocycles. The number of rotatable bonds is 3. The average Bonchev–Trinajstić information content (AvgIpc) is 3.26. The van der Waals surface area contributed by atoms with Gasteiger partial charge in [-0.2, -0.15) is 10.4 Å². The molecular weight excluding hydrogens is 288 g/mol. The highest BCUT2D eigenvalue weighted by molar-refractivity contribution is 5.56. The Morgan fingerprint density at radius 3 is 3.09 bits per heavy atom. The highest BCUT2D eigenvalue weighted by Gasteiger charge is 2.25. The van der Waals surface area contributed by atoms with Gasteiger partial charge in [0.25, 0.3) is 0 Å². The van der Waals surface area contributed by atoms with Crippen molar-refractivity contribution in [1.29, 1.82) is 5.26 Å². The molecule has 0 saturated carbocycles. The van der Waals surface area contributed by atoms with Gasteiger partial charge >= 0.3 is 0 Å². The van der Waals surface area contributed by atoms with Crippen LogP contribution in [0, 0.1) is 11.3 Å². The van der Waals surface area contributed by atoms with E-state index in [2.05, 4.69) is 21.4 Å². The SMILES string of the molecule is Cn1cc(N2CCC(Nc3nc4c(cc3C#N)CCC4)C2)cn1. The van der Waals surface area contributed by atoms with E-state index in [1.807, 2.05) is 30.2 Å². The molecule has 0 spiro atoms. The van der Waals surface area contributed by atoms with Gasteiger partial charge in [-0.25, -0.2) is 4.98 Å². The molecule has 1 aliphatic heterocycles. The highest BCUT2D eigenvalue weighted by Crippen LogP contribution is 2.27. The number of nitrogens with one attached hydrogen (secondary N) is 1. The van der Waals surface area contributed by atoms with Gasteiger partial charge in [0.1, 0.15) is 11.9 Å². The smallest absolute Gasteiger partial charge is 0.144 e. The van der Waals surface area contributed by atoms with E-state index >= 15 is 0 Å². The molecule has 2 aromatic heterocycles. The van der Waals surface area contributed by atoms with Crippen molar-refractivity contribution in [3.05, 3.63) is 35.3 Å². The number of hydrogen-bond acceptors (Lipinski definition) is 5. The van der Waals surface area contributed by atoms with Crippen LogP contribution in [0.2, 0.25) is 0 Å². The molecule has 1 fully saturated rings. The molecule has 0 aromatic carbocycles. The number of anilines is 2. The van der Waals surface area contributed by atoms with Crippen molar-refractivity contribution in [2.75, 3.05) is 23.3 Å². The lowest BCUT2D eigenvalue weighted by atomic mass is 10.1. The number of pyridine rings is 1. The van der Waals surface area contributed by atoms with E-state index in [0.717, 1.165) is 56.0 Å². The number of hydrogen-bond donors (Lipinski definition) is 1. The molecule has 2 aliphatic rings. The van der Waals surface area contributed by atoms with Gasteiger partial charge in [0, 0.05) is 38.1 Å². The summed E-state index contributed by atoms with van der Waals surface area (Å²) < 4.78 is 1.83. The van der Waals surface area contributed by atoms with Crippen LogP contribution in [0.1, 0.15) is 29.7 Å². The van der Waals surface area contributed by atoms with Crippen molar-refractivity contribution in [2.24, 2.45) is 7.05 Å². The normalized spacial score (nSPS) is 19.7. The topological polar surface area (TPSA) is 69.8 Å². The van der Waals surface area contributed by atoms with E-state index < -0.39 is 0 Å². The molecule has 1 saturated heterocycles. The van der Waals surface area contributed by atoms with Crippen molar-refractivity contribution in [3.63, 3.8) is 0 Å².